The van der Waals surface area contributed by atoms with Crippen LogP contribution in [0.3, 0.4) is 0 Å². The van der Waals surface area contributed by atoms with Gasteiger partial charge in [-0.2, -0.15) is 5.10 Å². The zero-order valence-corrected chi connectivity index (χ0v) is 11.8. The lowest BCUT2D eigenvalue weighted by molar-refractivity contribution is -0.384. The summed E-state index contributed by atoms with van der Waals surface area (Å²) in [6.45, 7) is 4.42. The molecule has 6 nitrogen and oxygen atoms in total. The van der Waals surface area contributed by atoms with E-state index in [2.05, 4.69) is 5.10 Å². The third kappa shape index (κ3) is 3.42. The zero-order chi connectivity index (χ0) is 15.4. The molecule has 6 heteroatoms. The Kier molecular flexibility index (Phi) is 4.27. The van der Waals surface area contributed by atoms with E-state index in [0.29, 0.717) is 23.4 Å². The zero-order valence-electron chi connectivity index (χ0n) is 11.8. The maximum absolute atomic E-state index is 12.1. The van der Waals surface area contributed by atoms with Crippen molar-refractivity contribution in [1.82, 2.24) is 9.78 Å². The second kappa shape index (κ2) is 6.13. The van der Waals surface area contributed by atoms with Gasteiger partial charge < -0.3 is 0 Å². The summed E-state index contributed by atoms with van der Waals surface area (Å²) in [6.07, 6.45) is 4.68. The first kappa shape index (κ1) is 14.6. The summed E-state index contributed by atoms with van der Waals surface area (Å²) in [5, 5.41) is 14.9. The maximum Gasteiger partial charge on any atom is 0.270 e. The lowest BCUT2D eigenvalue weighted by atomic mass is 10.1. The molecule has 0 saturated heterocycles. The molecule has 1 heterocycles. The van der Waals surface area contributed by atoms with Gasteiger partial charge in [0.2, 0.25) is 0 Å². The van der Waals surface area contributed by atoms with Crippen LogP contribution in [0.1, 0.15) is 28.5 Å². The number of benzene rings is 1. The highest BCUT2D eigenvalue weighted by atomic mass is 16.6. The van der Waals surface area contributed by atoms with Gasteiger partial charge >= 0.3 is 0 Å². The molecular weight excluding hydrogens is 270 g/mol. The number of ketones is 1. The molecule has 0 spiro atoms. The first-order valence-corrected chi connectivity index (χ1v) is 6.52. The van der Waals surface area contributed by atoms with Gasteiger partial charge in [0.15, 0.2) is 5.78 Å². The smallest absolute Gasteiger partial charge is 0.270 e. The van der Waals surface area contributed by atoms with Gasteiger partial charge in [0.05, 0.1) is 16.2 Å². The Labute approximate surface area is 121 Å². The highest BCUT2D eigenvalue weighted by Crippen LogP contribution is 2.15. The topological polar surface area (TPSA) is 78.0 Å². The van der Waals surface area contributed by atoms with Gasteiger partial charge in [-0.25, -0.2) is 0 Å². The number of aromatic nitrogens is 2. The van der Waals surface area contributed by atoms with E-state index in [4.69, 9.17) is 0 Å². The first-order valence-electron chi connectivity index (χ1n) is 6.52. The fraction of sp³-hybridized carbons (Fsp3) is 0.200. The van der Waals surface area contributed by atoms with Crippen LogP contribution in [0.4, 0.5) is 5.69 Å². The number of nitro groups is 1. The Bertz CT molecular complexity index is 717. The molecule has 0 aliphatic heterocycles. The highest BCUT2D eigenvalue weighted by Gasteiger charge is 2.10. The Balaban J connectivity index is 2.20. The number of nitro benzene ring substituents is 1. The minimum Gasteiger partial charge on any atom is -0.289 e. The molecule has 0 amide bonds. The van der Waals surface area contributed by atoms with E-state index in [-0.39, 0.29) is 11.5 Å². The number of non-ortho nitro benzene ring substituents is 1. The minimum absolute atomic E-state index is 0.000387. The summed E-state index contributed by atoms with van der Waals surface area (Å²) in [5.74, 6) is -0.168. The van der Waals surface area contributed by atoms with Crippen molar-refractivity contribution in [2.24, 2.45) is 0 Å². The number of nitrogens with zero attached hydrogens (tertiary/aromatic N) is 3. The first-order chi connectivity index (χ1) is 10.0. The van der Waals surface area contributed by atoms with Gasteiger partial charge in [-0.3, -0.25) is 19.6 Å². The Hall–Kier alpha value is -2.76. The molecule has 0 saturated carbocycles. The van der Waals surface area contributed by atoms with Gasteiger partial charge in [0, 0.05) is 24.9 Å². The predicted molar refractivity (Wildman–Crippen MR) is 79.1 cm³/mol. The van der Waals surface area contributed by atoms with Crippen molar-refractivity contribution in [2.45, 2.75) is 20.4 Å². The molecule has 2 rings (SSSR count). The summed E-state index contributed by atoms with van der Waals surface area (Å²) in [5.41, 5.74) is 1.82. The summed E-state index contributed by atoms with van der Waals surface area (Å²) >= 11 is 0. The fourth-order valence-corrected chi connectivity index (χ4v) is 1.93. The lowest BCUT2D eigenvalue weighted by Gasteiger charge is -1.95. The van der Waals surface area contributed by atoms with E-state index in [0.717, 1.165) is 0 Å². The van der Waals surface area contributed by atoms with Gasteiger partial charge in [0.25, 0.3) is 5.69 Å². The van der Waals surface area contributed by atoms with Crippen molar-refractivity contribution in [2.75, 3.05) is 0 Å². The van der Waals surface area contributed by atoms with E-state index in [9.17, 15) is 14.9 Å². The van der Waals surface area contributed by atoms with E-state index in [1.807, 2.05) is 6.92 Å². The van der Waals surface area contributed by atoms with E-state index >= 15 is 0 Å². The molecule has 0 unspecified atom stereocenters. The summed E-state index contributed by atoms with van der Waals surface area (Å²) in [7, 11) is 0. The normalized spacial score (nSPS) is 11.0. The SMILES string of the molecule is CCn1cc(C(=O)/C=C/c2cccc([N+](=O)[O-])c2)c(C)n1. The molecule has 0 bridgehead atoms. The van der Waals surface area contributed by atoms with Crippen LogP contribution in [0.25, 0.3) is 6.08 Å². The minimum atomic E-state index is -0.464. The van der Waals surface area contributed by atoms with Crippen molar-refractivity contribution in [3.63, 3.8) is 0 Å². The van der Waals surface area contributed by atoms with Crippen LogP contribution in [0.15, 0.2) is 36.5 Å². The molecule has 0 radical (unpaired) electrons. The molecule has 108 valence electrons. The quantitative estimate of drug-likeness (QED) is 0.366. The number of allylic oxidation sites excluding steroid dienone is 1. The van der Waals surface area contributed by atoms with Crippen molar-refractivity contribution in [3.05, 3.63) is 63.5 Å². The molecule has 1 aromatic carbocycles. The monoisotopic (exact) mass is 285 g/mol. The molecule has 2 aromatic rings. The van der Waals surface area contributed by atoms with Crippen LogP contribution >= 0.6 is 0 Å². The largest absolute Gasteiger partial charge is 0.289 e. The van der Waals surface area contributed by atoms with Crippen LogP contribution in [0.5, 0.6) is 0 Å². The van der Waals surface area contributed by atoms with Gasteiger partial charge in [-0.1, -0.05) is 18.2 Å². The number of carbonyl (C=O) groups is 1. The third-order valence-electron chi connectivity index (χ3n) is 3.04. The van der Waals surface area contributed by atoms with Gasteiger partial charge in [-0.05, 0) is 25.5 Å². The van der Waals surface area contributed by atoms with Crippen molar-refractivity contribution in [3.8, 4) is 0 Å². The van der Waals surface area contributed by atoms with Crippen LogP contribution in [-0.4, -0.2) is 20.5 Å². The predicted octanol–water partition coefficient (Wildman–Crippen LogP) is 3.02. The van der Waals surface area contributed by atoms with Crippen molar-refractivity contribution in [1.29, 1.82) is 0 Å². The van der Waals surface area contributed by atoms with Crippen molar-refractivity contribution < 1.29 is 9.72 Å². The Morgan fingerprint density at radius 1 is 1.48 bits per heavy atom. The van der Waals surface area contributed by atoms with E-state index < -0.39 is 4.92 Å². The Morgan fingerprint density at radius 3 is 2.86 bits per heavy atom. The van der Waals surface area contributed by atoms with Crippen LogP contribution in [0.2, 0.25) is 0 Å². The number of carbonyl (C=O) groups excluding carboxylic acids is 1. The van der Waals surface area contributed by atoms with E-state index in [1.165, 1.54) is 18.2 Å². The number of hydrogen-bond acceptors (Lipinski definition) is 4. The fourth-order valence-electron chi connectivity index (χ4n) is 1.93. The van der Waals surface area contributed by atoms with Gasteiger partial charge in [0.1, 0.15) is 0 Å². The summed E-state index contributed by atoms with van der Waals surface area (Å²) in [4.78, 5) is 22.3. The molecule has 0 aliphatic rings. The molecule has 0 atom stereocenters. The van der Waals surface area contributed by atoms with Gasteiger partial charge in [-0.15, -0.1) is 0 Å². The van der Waals surface area contributed by atoms with Crippen LogP contribution in [-0.2, 0) is 6.54 Å². The molecule has 1 aromatic heterocycles. The third-order valence-corrected chi connectivity index (χ3v) is 3.04. The lowest BCUT2D eigenvalue weighted by Crippen LogP contribution is -1.95. The number of aryl methyl sites for hydroxylation is 2. The molecule has 0 aliphatic carbocycles. The van der Waals surface area contributed by atoms with Crippen molar-refractivity contribution >= 4 is 17.5 Å². The Morgan fingerprint density at radius 2 is 2.24 bits per heavy atom. The molecule has 0 N–H and O–H groups in total. The number of hydrogen-bond donors (Lipinski definition) is 0. The standard InChI is InChI=1S/C15H15N3O3/c1-3-17-10-14(11(2)16-17)15(19)8-7-12-5-4-6-13(9-12)18(20)21/h4-10H,3H2,1-2H3/b8-7+. The summed E-state index contributed by atoms with van der Waals surface area (Å²) < 4.78 is 1.70. The molecule has 0 fully saturated rings. The number of rotatable bonds is 5. The second-order valence-electron chi connectivity index (χ2n) is 4.53. The van der Waals surface area contributed by atoms with E-state index in [1.54, 1.807) is 36.0 Å². The van der Waals surface area contributed by atoms with Crippen LogP contribution in [0, 0.1) is 17.0 Å². The molecule has 21 heavy (non-hydrogen) atoms. The molecular formula is C15H15N3O3. The average molecular weight is 285 g/mol. The van der Waals surface area contributed by atoms with Crippen LogP contribution < -0.4 is 0 Å². The summed E-state index contributed by atoms with van der Waals surface area (Å²) in [6, 6.07) is 6.13. The maximum atomic E-state index is 12.1. The second-order valence-corrected chi connectivity index (χ2v) is 4.53. The highest BCUT2D eigenvalue weighted by molar-refractivity contribution is 6.07. The average Bonchev–Trinajstić information content (AvgIpc) is 2.86.